The summed E-state index contributed by atoms with van der Waals surface area (Å²) in [7, 11) is 0. The highest BCUT2D eigenvalue weighted by molar-refractivity contribution is 5.94. The van der Waals surface area contributed by atoms with Crippen LogP contribution in [0.3, 0.4) is 0 Å². The molecular weight excluding hydrogens is 320 g/mol. The average molecular weight is 346 g/mol. The van der Waals surface area contributed by atoms with Crippen LogP contribution < -0.4 is 5.48 Å². The molecule has 0 aliphatic carbocycles. The first-order chi connectivity index (χ1) is 12.0. The fraction of sp³-hybridized carbons (Fsp3) is 0.579. The van der Waals surface area contributed by atoms with E-state index >= 15 is 0 Å². The molecule has 3 rings (SSSR count). The summed E-state index contributed by atoms with van der Waals surface area (Å²) in [6, 6.07) is 7.35. The van der Waals surface area contributed by atoms with Gasteiger partial charge in [-0.3, -0.25) is 14.8 Å². The normalized spacial score (nSPS) is 25.9. The number of benzene rings is 1. The molecule has 1 aromatic rings. The third-order valence-corrected chi connectivity index (χ3v) is 5.70. The molecule has 2 N–H and O–H groups in total. The van der Waals surface area contributed by atoms with Crippen molar-refractivity contribution in [3.8, 4) is 0 Å². The van der Waals surface area contributed by atoms with Crippen LogP contribution in [-0.4, -0.2) is 47.7 Å². The summed E-state index contributed by atoms with van der Waals surface area (Å²) in [6.45, 7) is 5.63. The van der Waals surface area contributed by atoms with E-state index in [0.29, 0.717) is 39.0 Å². The molecule has 2 saturated heterocycles. The molecule has 1 unspecified atom stereocenters. The number of carbonyl (C=O) groups excluding carboxylic acids is 2. The van der Waals surface area contributed by atoms with E-state index in [2.05, 4.69) is 0 Å². The summed E-state index contributed by atoms with van der Waals surface area (Å²) in [5.41, 5.74) is 3.25. The van der Waals surface area contributed by atoms with Crippen LogP contribution in [0.25, 0.3) is 0 Å². The molecule has 0 radical (unpaired) electrons. The summed E-state index contributed by atoms with van der Waals surface area (Å²) >= 11 is 0. The Balaban J connectivity index is 1.87. The van der Waals surface area contributed by atoms with Crippen molar-refractivity contribution in [1.82, 2.24) is 10.4 Å². The number of carbonyl (C=O) groups is 2. The van der Waals surface area contributed by atoms with Crippen LogP contribution in [0.2, 0.25) is 0 Å². The van der Waals surface area contributed by atoms with E-state index < -0.39 is 17.4 Å². The van der Waals surface area contributed by atoms with Crippen LogP contribution in [0.1, 0.15) is 37.3 Å². The zero-order valence-electron chi connectivity index (χ0n) is 14.8. The standard InChI is InChI=1S/C19H26N2O4/c1-13-3-5-15(6-4-13)19(2)9-10-21(18(19)23)16(17(22)20-24)14-7-11-25-12-8-14/h3-6,14,16,24H,7-12H2,1-2H3,(H,20,22)/t16-,19?/m1/s1. The molecule has 25 heavy (non-hydrogen) atoms. The Bertz CT molecular complexity index is 639. The van der Waals surface area contributed by atoms with E-state index in [-0.39, 0.29) is 11.8 Å². The predicted molar refractivity (Wildman–Crippen MR) is 92.1 cm³/mol. The van der Waals surface area contributed by atoms with E-state index in [4.69, 9.17) is 4.74 Å². The van der Waals surface area contributed by atoms with Gasteiger partial charge in [0.1, 0.15) is 6.04 Å². The lowest BCUT2D eigenvalue weighted by Crippen LogP contribution is -2.53. The molecule has 0 saturated carbocycles. The second-order valence-electron chi connectivity index (χ2n) is 7.32. The van der Waals surface area contributed by atoms with Crippen molar-refractivity contribution in [2.24, 2.45) is 5.92 Å². The second kappa shape index (κ2) is 7.14. The van der Waals surface area contributed by atoms with Crippen LogP contribution in [0, 0.1) is 12.8 Å². The van der Waals surface area contributed by atoms with E-state index in [9.17, 15) is 14.8 Å². The molecule has 2 heterocycles. The smallest absolute Gasteiger partial charge is 0.266 e. The third kappa shape index (κ3) is 3.28. The lowest BCUT2D eigenvalue weighted by molar-refractivity contribution is -0.147. The Morgan fingerprint density at radius 2 is 1.96 bits per heavy atom. The molecule has 0 spiro atoms. The minimum atomic E-state index is -0.645. The minimum absolute atomic E-state index is 0.00483. The number of hydrogen-bond donors (Lipinski definition) is 2. The summed E-state index contributed by atoms with van der Waals surface area (Å²) in [5, 5.41) is 9.19. The molecule has 2 aliphatic heterocycles. The highest BCUT2D eigenvalue weighted by atomic mass is 16.5. The highest BCUT2D eigenvalue weighted by Gasteiger charge is 2.49. The molecular formula is C19H26N2O4. The zero-order valence-corrected chi connectivity index (χ0v) is 14.8. The molecule has 2 fully saturated rings. The van der Waals surface area contributed by atoms with Gasteiger partial charge < -0.3 is 9.64 Å². The van der Waals surface area contributed by atoms with E-state index in [1.165, 1.54) is 0 Å². The predicted octanol–water partition coefficient (Wildman–Crippen LogP) is 1.79. The Hall–Kier alpha value is -1.92. The number of hydrogen-bond acceptors (Lipinski definition) is 4. The molecule has 2 atom stereocenters. The van der Waals surface area contributed by atoms with Crippen molar-refractivity contribution >= 4 is 11.8 Å². The van der Waals surface area contributed by atoms with Gasteiger partial charge in [-0.2, -0.15) is 0 Å². The van der Waals surface area contributed by atoms with Crippen LogP contribution in [-0.2, 0) is 19.7 Å². The van der Waals surface area contributed by atoms with Crippen LogP contribution >= 0.6 is 0 Å². The summed E-state index contributed by atoms with van der Waals surface area (Å²) in [6.07, 6.45) is 2.08. The fourth-order valence-electron chi connectivity index (χ4n) is 4.03. The fourth-order valence-corrected chi connectivity index (χ4v) is 4.03. The largest absolute Gasteiger partial charge is 0.381 e. The van der Waals surface area contributed by atoms with Crippen molar-refractivity contribution in [2.45, 2.75) is 44.6 Å². The van der Waals surface area contributed by atoms with E-state index in [1.807, 2.05) is 38.1 Å². The number of nitrogens with zero attached hydrogens (tertiary/aromatic N) is 1. The summed E-state index contributed by atoms with van der Waals surface area (Å²) in [4.78, 5) is 27.2. The third-order valence-electron chi connectivity index (χ3n) is 5.70. The zero-order chi connectivity index (χ0) is 18.0. The maximum Gasteiger partial charge on any atom is 0.266 e. The van der Waals surface area contributed by atoms with Crippen molar-refractivity contribution < 1.29 is 19.5 Å². The van der Waals surface area contributed by atoms with Crippen molar-refractivity contribution in [3.05, 3.63) is 35.4 Å². The monoisotopic (exact) mass is 346 g/mol. The van der Waals surface area contributed by atoms with Crippen LogP contribution in [0.4, 0.5) is 0 Å². The number of aryl methyl sites for hydroxylation is 1. The van der Waals surface area contributed by atoms with Gasteiger partial charge in [0.2, 0.25) is 5.91 Å². The van der Waals surface area contributed by atoms with Crippen molar-refractivity contribution in [1.29, 1.82) is 0 Å². The van der Waals surface area contributed by atoms with E-state index in [0.717, 1.165) is 11.1 Å². The Morgan fingerprint density at radius 1 is 1.32 bits per heavy atom. The molecule has 2 amide bonds. The average Bonchev–Trinajstić information content (AvgIpc) is 2.93. The number of nitrogens with one attached hydrogen (secondary N) is 1. The van der Waals surface area contributed by atoms with Gasteiger partial charge in [0, 0.05) is 19.8 Å². The van der Waals surface area contributed by atoms with Gasteiger partial charge in [0.15, 0.2) is 0 Å². The number of hydroxylamine groups is 1. The number of likely N-dealkylation sites (tertiary alicyclic amines) is 1. The SMILES string of the molecule is Cc1ccc(C2(C)CCN([C@@H](C(=O)NO)C3CCOCC3)C2=O)cc1. The quantitative estimate of drug-likeness (QED) is 0.643. The topological polar surface area (TPSA) is 78.9 Å². The first kappa shape index (κ1) is 17.9. The van der Waals surface area contributed by atoms with Gasteiger partial charge in [0.25, 0.3) is 5.91 Å². The molecule has 0 bridgehead atoms. The van der Waals surface area contributed by atoms with Crippen LogP contribution in [0.15, 0.2) is 24.3 Å². The Kier molecular flexibility index (Phi) is 5.11. The molecule has 1 aromatic carbocycles. The van der Waals surface area contributed by atoms with Gasteiger partial charge >= 0.3 is 0 Å². The van der Waals surface area contributed by atoms with Gasteiger partial charge in [-0.05, 0) is 44.6 Å². The molecule has 6 nitrogen and oxygen atoms in total. The van der Waals surface area contributed by atoms with E-state index in [1.54, 1.807) is 10.4 Å². The van der Waals surface area contributed by atoms with Crippen molar-refractivity contribution in [2.75, 3.05) is 19.8 Å². The summed E-state index contributed by atoms with van der Waals surface area (Å²) < 4.78 is 5.38. The lowest BCUT2D eigenvalue weighted by atomic mass is 9.80. The maximum absolute atomic E-state index is 13.3. The number of amides is 2. The number of ether oxygens (including phenoxy) is 1. The first-order valence-electron chi connectivity index (χ1n) is 8.87. The molecule has 2 aliphatic rings. The van der Waals surface area contributed by atoms with Crippen molar-refractivity contribution in [3.63, 3.8) is 0 Å². The maximum atomic E-state index is 13.3. The Morgan fingerprint density at radius 3 is 2.56 bits per heavy atom. The molecule has 136 valence electrons. The first-order valence-corrected chi connectivity index (χ1v) is 8.87. The lowest BCUT2D eigenvalue weighted by Gasteiger charge is -2.36. The van der Waals surface area contributed by atoms with Gasteiger partial charge in [-0.25, -0.2) is 5.48 Å². The molecule has 6 heteroatoms. The van der Waals surface area contributed by atoms with Crippen LogP contribution in [0.5, 0.6) is 0 Å². The molecule has 0 aromatic heterocycles. The second-order valence-corrected chi connectivity index (χ2v) is 7.32. The summed E-state index contributed by atoms with van der Waals surface area (Å²) in [5.74, 6) is -0.546. The van der Waals surface area contributed by atoms with Gasteiger partial charge in [-0.15, -0.1) is 0 Å². The van der Waals surface area contributed by atoms with Gasteiger partial charge in [0.05, 0.1) is 5.41 Å². The van der Waals surface area contributed by atoms with Gasteiger partial charge in [-0.1, -0.05) is 29.8 Å². The Labute approximate surface area is 148 Å². The number of rotatable bonds is 4. The minimum Gasteiger partial charge on any atom is -0.381 e. The highest BCUT2D eigenvalue weighted by Crippen LogP contribution is 2.38.